The number of urea groups is 2. The monoisotopic (exact) mass is 418 g/mol. The van der Waals surface area contributed by atoms with E-state index < -0.39 is 0 Å². The number of benzene rings is 3. The number of ether oxygens (including phenoxy) is 1. The maximum Gasteiger partial charge on any atom is 0.323 e. The fraction of sp³-hybridized carbons (Fsp3) is 0.167. The van der Waals surface area contributed by atoms with Crippen LogP contribution in [-0.2, 0) is 0 Å². The molecule has 0 radical (unpaired) electrons. The van der Waals surface area contributed by atoms with Crippen molar-refractivity contribution in [3.05, 3.63) is 84.4 Å². The summed E-state index contributed by atoms with van der Waals surface area (Å²) in [4.78, 5) is 26.3. The molecule has 0 spiro atoms. The van der Waals surface area contributed by atoms with Crippen LogP contribution in [0.3, 0.4) is 0 Å². The lowest BCUT2D eigenvalue weighted by Crippen LogP contribution is -2.34. The Labute approximate surface area is 182 Å². The highest BCUT2D eigenvalue weighted by molar-refractivity contribution is 6.00. The predicted octanol–water partition coefficient (Wildman–Crippen LogP) is 5.18. The number of amides is 4. The van der Waals surface area contributed by atoms with Crippen molar-refractivity contribution in [3.63, 3.8) is 0 Å². The van der Waals surface area contributed by atoms with E-state index in [1.807, 2.05) is 61.5 Å². The van der Waals surface area contributed by atoms with Crippen molar-refractivity contribution in [3.8, 4) is 5.75 Å². The Hall–Kier alpha value is -4.00. The van der Waals surface area contributed by atoms with E-state index in [4.69, 9.17) is 4.74 Å². The van der Waals surface area contributed by atoms with Crippen LogP contribution in [0, 0.1) is 6.92 Å². The number of anilines is 3. The van der Waals surface area contributed by atoms with Crippen LogP contribution in [0.15, 0.2) is 78.9 Å². The summed E-state index contributed by atoms with van der Waals surface area (Å²) in [6.45, 7) is 2.70. The van der Waals surface area contributed by atoms with Gasteiger partial charge in [-0.05, 0) is 48.9 Å². The summed E-state index contributed by atoms with van der Waals surface area (Å²) in [6, 6.07) is 23.4. The molecular formula is C24H26N4O3. The molecule has 0 bridgehead atoms. The van der Waals surface area contributed by atoms with Crippen molar-refractivity contribution in [2.75, 3.05) is 36.1 Å². The van der Waals surface area contributed by atoms with Gasteiger partial charge in [0.05, 0.1) is 6.54 Å². The van der Waals surface area contributed by atoms with E-state index in [-0.39, 0.29) is 12.1 Å². The van der Waals surface area contributed by atoms with Gasteiger partial charge >= 0.3 is 12.1 Å². The van der Waals surface area contributed by atoms with Crippen LogP contribution in [-0.4, -0.2) is 37.2 Å². The lowest BCUT2D eigenvalue weighted by molar-refractivity contribution is 0.207. The Bertz CT molecular complexity index is 1010. The lowest BCUT2D eigenvalue weighted by Gasteiger charge is -2.19. The summed E-state index contributed by atoms with van der Waals surface area (Å²) in [7, 11) is 1.70. The molecule has 0 aliphatic rings. The van der Waals surface area contributed by atoms with Crippen molar-refractivity contribution in [1.29, 1.82) is 0 Å². The normalized spacial score (nSPS) is 10.1. The molecule has 3 rings (SSSR count). The largest absolute Gasteiger partial charge is 0.492 e. The first-order valence-corrected chi connectivity index (χ1v) is 9.95. The fourth-order valence-electron chi connectivity index (χ4n) is 2.78. The van der Waals surface area contributed by atoms with Crippen LogP contribution in [0.25, 0.3) is 0 Å². The van der Waals surface area contributed by atoms with Crippen LogP contribution >= 0.6 is 0 Å². The van der Waals surface area contributed by atoms with Crippen molar-refractivity contribution >= 4 is 29.1 Å². The van der Waals surface area contributed by atoms with Gasteiger partial charge < -0.3 is 25.6 Å². The quantitative estimate of drug-likeness (QED) is 0.494. The summed E-state index contributed by atoms with van der Waals surface area (Å²) >= 11 is 0. The summed E-state index contributed by atoms with van der Waals surface area (Å²) in [5.74, 6) is 0.764. The molecule has 0 aliphatic carbocycles. The molecular weight excluding hydrogens is 392 g/mol. The molecule has 0 saturated carbocycles. The molecule has 7 nitrogen and oxygen atoms in total. The van der Waals surface area contributed by atoms with Gasteiger partial charge in [0, 0.05) is 24.1 Å². The first-order valence-electron chi connectivity index (χ1n) is 9.95. The number of hydrogen-bond acceptors (Lipinski definition) is 3. The third-order valence-electron chi connectivity index (χ3n) is 4.55. The van der Waals surface area contributed by atoms with E-state index in [2.05, 4.69) is 16.0 Å². The summed E-state index contributed by atoms with van der Waals surface area (Å²) in [6.07, 6.45) is 0. The maximum absolute atomic E-state index is 12.5. The molecule has 7 heteroatoms. The van der Waals surface area contributed by atoms with Gasteiger partial charge in [0.15, 0.2) is 0 Å². The third-order valence-corrected chi connectivity index (χ3v) is 4.55. The second-order valence-corrected chi connectivity index (χ2v) is 6.99. The Balaban J connectivity index is 1.53. The zero-order valence-electron chi connectivity index (χ0n) is 17.6. The summed E-state index contributed by atoms with van der Waals surface area (Å²) < 4.78 is 5.64. The molecule has 31 heavy (non-hydrogen) atoms. The molecule has 0 aromatic heterocycles. The van der Waals surface area contributed by atoms with E-state index in [0.29, 0.717) is 30.2 Å². The minimum atomic E-state index is -0.359. The first kappa shape index (κ1) is 21.7. The Morgan fingerprint density at radius 2 is 1.48 bits per heavy atom. The van der Waals surface area contributed by atoms with E-state index in [1.165, 1.54) is 0 Å². The predicted molar refractivity (Wildman–Crippen MR) is 124 cm³/mol. The number of carbonyl (C=O) groups is 2. The Kier molecular flexibility index (Phi) is 7.48. The molecule has 3 aromatic rings. The summed E-state index contributed by atoms with van der Waals surface area (Å²) in [5, 5.41) is 8.42. The number of carbonyl (C=O) groups excluding carboxylic acids is 2. The van der Waals surface area contributed by atoms with Gasteiger partial charge in [-0.15, -0.1) is 0 Å². The maximum atomic E-state index is 12.5. The molecule has 0 aliphatic heterocycles. The van der Waals surface area contributed by atoms with Crippen LogP contribution in [0.4, 0.5) is 26.7 Å². The SMILES string of the molecule is Cc1ccc(NC(=O)Nc2ccccc2)cc1NC(=O)N(C)CCOc1ccccc1. The average Bonchev–Trinajstić information content (AvgIpc) is 2.77. The highest BCUT2D eigenvalue weighted by Crippen LogP contribution is 2.21. The number of nitrogens with one attached hydrogen (secondary N) is 3. The highest BCUT2D eigenvalue weighted by Gasteiger charge is 2.12. The molecule has 0 heterocycles. The molecule has 0 unspecified atom stereocenters. The minimum Gasteiger partial charge on any atom is -0.492 e. The zero-order chi connectivity index (χ0) is 22.1. The van der Waals surface area contributed by atoms with Crippen molar-refractivity contribution in [2.24, 2.45) is 0 Å². The van der Waals surface area contributed by atoms with Crippen molar-refractivity contribution in [2.45, 2.75) is 6.92 Å². The number of para-hydroxylation sites is 2. The zero-order valence-corrected chi connectivity index (χ0v) is 17.6. The van der Waals surface area contributed by atoms with Crippen molar-refractivity contribution < 1.29 is 14.3 Å². The van der Waals surface area contributed by atoms with Crippen LogP contribution in [0.2, 0.25) is 0 Å². The first-order chi connectivity index (χ1) is 15.0. The number of rotatable bonds is 7. The minimum absolute atomic E-state index is 0.259. The molecule has 0 fully saturated rings. The van der Waals surface area contributed by atoms with Crippen LogP contribution in [0.5, 0.6) is 5.75 Å². The van der Waals surface area contributed by atoms with Gasteiger partial charge in [-0.2, -0.15) is 0 Å². The van der Waals surface area contributed by atoms with Gasteiger partial charge in [0.25, 0.3) is 0 Å². The van der Waals surface area contributed by atoms with E-state index >= 15 is 0 Å². The van der Waals surface area contributed by atoms with Crippen LogP contribution < -0.4 is 20.7 Å². The lowest BCUT2D eigenvalue weighted by atomic mass is 10.2. The molecule has 4 amide bonds. The Morgan fingerprint density at radius 1 is 0.839 bits per heavy atom. The van der Waals surface area contributed by atoms with Gasteiger partial charge in [0.2, 0.25) is 0 Å². The van der Waals surface area contributed by atoms with E-state index in [9.17, 15) is 9.59 Å². The second kappa shape index (κ2) is 10.7. The van der Waals surface area contributed by atoms with Gasteiger partial charge in [-0.1, -0.05) is 42.5 Å². The molecule has 160 valence electrons. The Morgan fingerprint density at radius 3 is 2.19 bits per heavy atom. The molecule has 0 saturated heterocycles. The smallest absolute Gasteiger partial charge is 0.323 e. The standard InChI is InChI=1S/C24H26N4O3/c1-18-13-14-20(26-23(29)25-19-9-5-3-6-10-19)17-22(18)27-24(30)28(2)15-16-31-21-11-7-4-8-12-21/h3-14,17H,15-16H2,1-2H3,(H,27,30)(H2,25,26,29). The average molecular weight is 418 g/mol. The van der Waals surface area contributed by atoms with Gasteiger partial charge in [-0.3, -0.25) is 0 Å². The fourth-order valence-corrected chi connectivity index (χ4v) is 2.78. The number of nitrogens with zero attached hydrogens (tertiary/aromatic N) is 1. The third kappa shape index (κ3) is 6.78. The molecule has 0 atom stereocenters. The number of likely N-dealkylation sites (N-methyl/N-ethyl adjacent to an activating group) is 1. The molecule has 3 aromatic carbocycles. The number of hydrogen-bond donors (Lipinski definition) is 3. The van der Waals surface area contributed by atoms with E-state index in [0.717, 1.165) is 11.3 Å². The van der Waals surface area contributed by atoms with Gasteiger partial charge in [-0.25, -0.2) is 9.59 Å². The second-order valence-electron chi connectivity index (χ2n) is 6.99. The van der Waals surface area contributed by atoms with Crippen molar-refractivity contribution in [1.82, 2.24) is 4.90 Å². The van der Waals surface area contributed by atoms with Crippen LogP contribution in [0.1, 0.15) is 5.56 Å². The number of aryl methyl sites for hydroxylation is 1. The van der Waals surface area contributed by atoms with E-state index in [1.54, 1.807) is 36.2 Å². The topological polar surface area (TPSA) is 82.7 Å². The summed E-state index contributed by atoms with van der Waals surface area (Å²) in [5.41, 5.74) is 2.78. The molecule has 3 N–H and O–H groups in total. The highest BCUT2D eigenvalue weighted by atomic mass is 16.5. The van der Waals surface area contributed by atoms with Gasteiger partial charge in [0.1, 0.15) is 12.4 Å².